The standard InChI is InChI=1S/C15H13N3O2/c1-10-2-5-12(6-3-10)14-15(17-20)18-8-11(9-19)4-7-13(18)16-14/h2-8,19H,9H2,1H3. The van der Waals surface area contributed by atoms with Gasteiger partial charge in [-0.15, -0.1) is 4.91 Å². The fourth-order valence-electron chi connectivity index (χ4n) is 2.16. The van der Waals surface area contributed by atoms with E-state index in [4.69, 9.17) is 0 Å². The minimum atomic E-state index is -0.0910. The summed E-state index contributed by atoms with van der Waals surface area (Å²) in [5, 5.41) is 12.3. The zero-order valence-electron chi connectivity index (χ0n) is 10.9. The lowest BCUT2D eigenvalue weighted by atomic mass is 10.1. The lowest BCUT2D eigenvalue weighted by molar-refractivity contribution is 0.281. The number of pyridine rings is 1. The number of fused-ring (bicyclic) bond motifs is 1. The van der Waals surface area contributed by atoms with Crippen LogP contribution in [0, 0.1) is 11.8 Å². The second-order valence-corrected chi connectivity index (χ2v) is 4.66. The highest BCUT2D eigenvalue weighted by Crippen LogP contribution is 2.31. The van der Waals surface area contributed by atoms with Gasteiger partial charge < -0.3 is 5.11 Å². The number of nitroso groups, excluding NO2 is 1. The minimum Gasteiger partial charge on any atom is -0.392 e. The molecule has 1 N–H and O–H groups in total. The SMILES string of the molecule is Cc1ccc(-c2nc3ccc(CO)cn3c2N=O)cc1. The summed E-state index contributed by atoms with van der Waals surface area (Å²) in [5.74, 6) is 0.249. The first kappa shape index (κ1) is 12.5. The Morgan fingerprint density at radius 3 is 2.60 bits per heavy atom. The number of benzene rings is 1. The third-order valence-electron chi connectivity index (χ3n) is 3.25. The van der Waals surface area contributed by atoms with Gasteiger partial charge in [0.25, 0.3) is 0 Å². The molecule has 0 aliphatic heterocycles. The molecule has 5 nitrogen and oxygen atoms in total. The molecule has 3 aromatic rings. The van der Waals surface area contributed by atoms with Crippen molar-refractivity contribution >= 4 is 11.5 Å². The topological polar surface area (TPSA) is 67.0 Å². The van der Waals surface area contributed by atoms with Crippen LogP contribution in [0.2, 0.25) is 0 Å². The van der Waals surface area contributed by atoms with Crippen molar-refractivity contribution in [3.63, 3.8) is 0 Å². The van der Waals surface area contributed by atoms with E-state index in [1.807, 2.05) is 31.2 Å². The molecular weight excluding hydrogens is 254 g/mol. The Hall–Kier alpha value is -2.53. The summed E-state index contributed by atoms with van der Waals surface area (Å²) in [6.07, 6.45) is 1.68. The molecule has 2 aromatic heterocycles. The molecule has 0 atom stereocenters. The van der Waals surface area contributed by atoms with Gasteiger partial charge in [0.15, 0.2) is 0 Å². The summed E-state index contributed by atoms with van der Waals surface area (Å²) < 4.78 is 1.60. The van der Waals surface area contributed by atoms with E-state index in [-0.39, 0.29) is 12.4 Å². The maximum Gasteiger partial charge on any atom is 0.209 e. The quantitative estimate of drug-likeness (QED) is 0.741. The number of aryl methyl sites for hydroxylation is 1. The van der Waals surface area contributed by atoms with Crippen LogP contribution in [0.15, 0.2) is 47.8 Å². The van der Waals surface area contributed by atoms with E-state index in [0.29, 0.717) is 16.9 Å². The van der Waals surface area contributed by atoms with Crippen LogP contribution in [0.5, 0.6) is 0 Å². The molecule has 0 radical (unpaired) electrons. The summed E-state index contributed by atoms with van der Waals surface area (Å²) in [5.41, 5.74) is 3.87. The van der Waals surface area contributed by atoms with Gasteiger partial charge >= 0.3 is 0 Å². The van der Waals surface area contributed by atoms with Crippen molar-refractivity contribution in [2.24, 2.45) is 5.18 Å². The molecule has 100 valence electrons. The Balaban J connectivity index is 2.25. The first-order valence-corrected chi connectivity index (χ1v) is 6.25. The summed E-state index contributed by atoms with van der Waals surface area (Å²) >= 11 is 0. The summed E-state index contributed by atoms with van der Waals surface area (Å²) in [6.45, 7) is 1.91. The number of nitrogens with zero attached hydrogens (tertiary/aromatic N) is 3. The Labute approximate surface area is 115 Å². The molecule has 0 saturated carbocycles. The van der Waals surface area contributed by atoms with Gasteiger partial charge in [-0.25, -0.2) is 4.98 Å². The lowest BCUT2D eigenvalue weighted by Gasteiger charge is -1.99. The Kier molecular flexibility index (Phi) is 3.04. The molecule has 0 saturated heterocycles. The largest absolute Gasteiger partial charge is 0.392 e. The van der Waals surface area contributed by atoms with Crippen LogP contribution in [-0.4, -0.2) is 14.5 Å². The molecule has 0 spiro atoms. The molecule has 0 aliphatic rings. The van der Waals surface area contributed by atoms with Crippen LogP contribution in [0.4, 0.5) is 5.82 Å². The predicted molar refractivity (Wildman–Crippen MR) is 76.7 cm³/mol. The molecule has 0 unspecified atom stereocenters. The summed E-state index contributed by atoms with van der Waals surface area (Å²) in [6, 6.07) is 11.3. The number of hydrogen-bond donors (Lipinski definition) is 1. The minimum absolute atomic E-state index is 0.0910. The van der Waals surface area contributed by atoms with Gasteiger partial charge in [0, 0.05) is 11.8 Å². The molecule has 0 bridgehead atoms. The smallest absolute Gasteiger partial charge is 0.209 e. The van der Waals surface area contributed by atoms with Crippen molar-refractivity contribution in [1.29, 1.82) is 0 Å². The van der Waals surface area contributed by atoms with Crippen LogP contribution >= 0.6 is 0 Å². The van der Waals surface area contributed by atoms with Gasteiger partial charge in [-0.3, -0.25) is 4.40 Å². The fourth-order valence-corrected chi connectivity index (χ4v) is 2.16. The average Bonchev–Trinajstić information content (AvgIpc) is 2.85. The molecule has 3 rings (SSSR count). The first-order valence-electron chi connectivity index (χ1n) is 6.25. The van der Waals surface area contributed by atoms with Crippen molar-refractivity contribution in [2.45, 2.75) is 13.5 Å². The van der Waals surface area contributed by atoms with Crippen molar-refractivity contribution in [3.05, 3.63) is 58.6 Å². The molecule has 0 amide bonds. The summed E-state index contributed by atoms with van der Waals surface area (Å²) in [4.78, 5) is 15.6. The highest BCUT2D eigenvalue weighted by molar-refractivity contribution is 5.74. The van der Waals surface area contributed by atoms with Gasteiger partial charge in [-0.05, 0) is 23.7 Å². The number of aliphatic hydroxyl groups is 1. The number of rotatable bonds is 3. The van der Waals surface area contributed by atoms with E-state index >= 15 is 0 Å². The molecule has 0 fully saturated rings. The maximum atomic E-state index is 11.2. The van der Waals surface area contributed by atoms with E-state index in [1.165, 1.54) is 0 Å². The summed E-state index contributed by atoms with van der Waals surface area (Å²) in [7, 11) is 0. The highest BCUT2D eigenvalue weighted by Gasteiger charge is 2.14. The average molecular weight is 267 g/mol. The number of aliphatic hydroxyl groups excluding tert-OH is 1. The molecule has 0 aliphatic carbocycles. The fraction of sp³-hybridized carbons (Fsp3) is 0.133. The predicted octanol–water partition coefficient (Wildman–Crippen LogP) is 3.20. The number of imidazole rings is 1. The van der Waals surface area contributed by atoms with Gasteiger partial charge in [0.2, 0.25) is 5.82 Å². The zero-order valence-corrected chi connectivity index (χ0v) is 10.9. The number of aromatic nitrogens is 2. The van der Waals surface area contributed by atoms with Crippen LogP contribution in [0.3, 0.4) is 0 Å². The van der Waals surface area contributed by atoms with E-state index in [1.54, 1.807) is 22.7 Å². The van der Waals surface area contributed by atoms with E-state index in [2.05, 4.69) is 10.2 Å². The van der Waals surface area contributed by atoms with Gasteiger partial charge in [-0.2, -0.15) is 0 Å². The highest BCUT2D eigenvalue weighted by atomic mass is 16.3. The van der Waals surface area contributed by atoms with Crippen molar-refractivity contribution in [3.8, 4) is 11.3 Å². The van der Waals surface area contributed by atoms with Crippen molar-refractivity contribution in [2.75, 3.05) is 0 Å². The lowest BCUT2D eigenvalue weighted by Crippen LogP contribution is -1.89. The van der Waals surface area contributed by atoms with E-state index in [0.717, 1.165) is 11.1 Å². The Morgan fingerprint density at radius 1 is 1.20 bits per heavy atom. The molecule has 2 heterocycles. The van der Waals surface area contributed by atoms with Crippen LogP contribution < -0.4 is 0 Å². The van der Waals surface area contributed by atoms with Gasteiger partial charge in [0.1, 0.15) is 11.3 Å². The third-order valence-corrected chi connectivity index (χ3v) is 3.25. The second kappa shape index (κ2) is 4.86. The van der Waals surface area contributed by atoms with E-state index < -0.39 is 0 Å². The van der Waals surface area contributed by atoms with Crippen molar-refractivity contribution in [1.82, 2.24) is 9.38 Å². The molecular formula is C15H13N3O2. The number of hydrogen-bond acceptors (Lipinski definition) is 4. The van der Waals surface area contributed by atoms with Crippen molar-refractivity contribution < 1.29 is 5.11 Å². The maximum absolute atomic E-state index is 11.2. The third kappa shape index (κ3) is 1.98. The monoisotopic (exact) mass is 267 g/mol. The van der Waals surface area contributed by atoms with Crippen LogP contribution in [0.25, 0.3) is 16.9 Å². The second-order valence-electron chi connectivity index (χ2n) is 4.66. The van der Waals surface area contributed by atoms with Gasteiger partial charge in [-0.1, -0.05) is 35.9 Å². The van der Waals surface area contributed by atoms with Gasteiger partial charge in [0.05, 0.1) is 6.61 Å². The van der Waals surface area contributed by atoms with Crippen LogP contribution in [-0.2, 0) is 6.61 Å². The van der Waals surface area contributed by atoms with E-state index in [9.17, 15) is 10.0 Å². The first-order chi connectivity index (χ1) is 9.72. The Bertz CT molecular complexity index is 776. The Morgan fingerprint density at radius 2 is 1.95 bits per heavy atom. The molecule has 1 aromatic carbocycles. The zero-order chi connectivity index (χ0) is 14.1. The normalized spacial score (nSPS) is 10.9. The van der Waals surface area contributed by atoms with Crippen LogP contribution in [0.1, 0.15) is 11.1 Å². The molecule has 5 heteroatoms. The molecule has 20 heavy (non-hydrogen) atoms.